The summed E-state index contributed by atoms with van der Waals surface area (Å²) in [4.78, 5) is 2.65. The predicted molar refractivity (Wildman–Crippen MR) is 80.7 cm³/mol. The van der Waals surface area contributed by atoms with Crippen molar-refractivity contribution >= 4 is 0 Å². The zero-order valence-corrected chi connectivity index (χ0v) is 12.8. The molecule has 0 radical (unpaired) electrons. The first-order chi connectivity index (χ1) is 8.71. The summed E-state index contributed by atoms with van der Waals surface area (Å²) in [5.74, 6) is 1.61. The Hall–Kier alpha value is -0.0800. The van der Waals surface area contributed by atoms with Crippen molar-refractivity contribution in [2.75, 3.05) is 19.6 Å². The minimum Gasteiger partial charge on any atom is -0.327 e. The molecule has 2 N–H and O–H groups in total. The van der Waals surface area contributed by atoms with Gasteiger partial charge in [0, 0.05) is 19.1 Å². The van der Waals surface area contributed by atoms with Gasteiger partial charge in [0.05, 0.1) is 0 Å². The molecule has 0 spiro atoms. The Bertz CT molecular complexity index is 201. The molecule has 108 valence electrons. The van der Waals surface area contributed by atoms with Crippen LogP contribution in [0.1, 0.15) is 65.7 Å². The van der Waals surface area contributed by atoms with E-state index in [1.807, 2.05) is 0 Å². The average molecular weight is 254 g/mol. The van der Waals surface area contributed by atoms with Crippen molar-refractivity contribution in [3.63, 3.8) is 0 Å². The first-order valence-corrected chi connectivity index (χ1v) is 8.19. The number of hydrogen-bond donors (Lipinski definition) is 1. The minimum atomic E-state index is 0.447. The van der Waals surface area contributed by atoms with E-state index in [1.54, 1.807) is 0 Å². The normalized spacial score (nSPS) is 25.7. The number of rotatable bonds is 7. The van der Waals surface area contributed by atoms with Crippen LogP contribution in [0.15, 0.2) is 0 Å². The van der Waals surface area contributed by atoms with Crippen LogP contribution in [0.25, 0.3) is 0 Å². The Morgan fingerprint density at radius 2 is 1.72 bits per heavy atom. The van der Waals surface area contributed by atoms with Crippen LogP contribution in [-0.2, 0) is 0 Å². The molecule has 2 nitrogen and oxygen atoms in total. The lowest BCUT2D eigenvalue weighted by Crippen LogP contribution is -2.40. The fraction of sp³-hybridized carbons (Fsp3) is 1.00. The van der Waals surface area contributed by atoms with Gasteiger partial charge < -0.3 is 10.6 Å². The Morgan fingerprint density at radius 3 is 2.33 bits per heavy atom. The summed E-state index contributed by atoms with van der Waals surface area (Å²) in [5.41, 5.74) is 6.35. The Balaban J connectivity index is 2.44. The van der Waals surface area contributed by atoms with E-state index in [2.05, 4.69) is 25.7 Å². The molecule has 2 unspecified atom stereocenters. The van der Waals surface area contributed by atoms with Gasteiger partial charge in [0.25, 0.3) is 0 Å². The van der Waals surface area contributed by atoms with E-state index >= 15 is 0 Å². The van der Waals surface area contributed by atoms with Gasteiger partial charge in [0.15, 0.2) is 0 Å². The highest BCUT2D eigenvalue weighted by atomic mass is 15.1. The molecule has 1 rings (SSSR count). The topological polar surface area (TPSA) is 29.3 Å². The first-order valence-electron chi connectivity index (χ1n) is 8.19. The molecule has 0 aliphatic heterocycles. The van der Waals surface area contributed by atoms with Gasteiger partial charge in [-0.15, -0.1) is 0 Å². The molecule has 1 saturated carbocycles. The molecular weight excluding hydrogens is 220 g/mol. The van der Waals surface area contributed by atoms with Crippen molar-refractivity contribution in [3.8, 4) is 0 Å². The van der Waals surface area contributed by atoms with Gasteiger partial charge >= 0.3 is 0 Å². The molecular formula is C16H34N2. The minimum absolute atomic E-state index is 0.447. The summed E-state index contributed by atoms with van der Waals surface area (Å²) in [6, 6.07) is 0.447. The Labute approximate surface area is 114 Å². The van der Waals surface area contributed by atoms with Gasteiger partial charge in [-0.1, -0.05) is 52.9 Å². The largest absolute Gasteiger partial charge is 0.327 e. The van der Waals surface area contributed by atoms with Crippen molar-refractivity contribution in [2.45, 2.75) is 71.8 Å². The molecule has 2 heteroatoms. The molecule has 0 amide bonds. The van der Waals surface area contributed by atoms with Crippen LogP contribution < -0.4 is 5.73 Å². The van der Waals surface area contributed by atoms with Gasteiger partial charge in [0.1, 0.15) is 0 Å². The molecule has 0 aromatic rings. The zero-order valence-electron chi connectivity index (χ0n) is 12.8. The van der Waals surface area contributed by atoms with E-state index in [1.165, 1.54) is 64.6 Å². The summed E-state index contributed by atoms with van der Waals surface area (Å²) < 4.78 is 0. The summed E-state index contributed by atoms with van der Waals surface area (Å²) in [7, 11) is 0. The van der Waals surface area contributed by atoms with Gasteiger partial charge in [-0.25, -0.2) is 0 Å². The van der Waals surface area contributed by atoms with E-state index in [-0.39, 0.29) is 0 Å². The molecule has 1 aliphatic rings. The van der Waals surface area contributed by atoms with Crippen LogP contribution in [0, 0.1) is 11.8 Å². The fourth-order valence-electron chi connectivity index (χ4n) is 3.22. The van der Waals surface area contributed by atoms with Gasteiger partial charge in [-0.2, -0.15) is 0 Å². The van der Waals surface area contributed by atoms with Crippen LogP contribution in [0.5, 0.6) is 0 Å². The molecule has 1 aliphatic carbocycles. The smallest absolute Gasteiger partial charge is 0.00793 e. The average Bonchev–Trinajstić information content (AvgIpc) is 2.59. The molecule has 1 fully saturated rings. The molecule has 0 aromatic heterocycles. The number of nitrogens with zero attached hydrogens (tertiary/aromatic N) is 1. The zero-order chi connectivity index (χ0) is 13.4. The van der Waals surface area contributed by atoms with Crippen LogP contribution in [-0.4, -0.2) is 30.6 Å². The van der Waals surface area contributed by atoms with E-state index in [0.29, 0.717) is 6.04 Å². The maximum Gasteiger partial charge on any atom is 0.00793 e. The lowest BCUT2D eigenvalue weighted by molar-refractivity contribution is 0.183. The van der Waals surface area contributed by atoms with Crippen molar-refractivity contribution in [1.29, 1.82) is 0 Å². The van der Waals surface area contributed by atoms with Crippen molar-refractivity contribution < 1.29 is 0 Å². The van der Waals surface area contributed by atoms with Crippen LogP contribution in [0.3, 0.4) is 0 Å². The molecule has 0 heterocycles. The highest BCUT2D eigenvalue weighted by molar-refractivity contribution is 4.79. The van der Waals surface area contributed by atoms with Crippen molar-refractivity contribution in [2.24, 2.45) is 17.6 Å². The molecule has 0 bridgehead atoms. The standard InChI is InChI=1S/C16H34N2/c1-4-14(5-2)12-18(6-3)13-15-10-8-7-9-11-16(15)17/h14-16H,4-13,17H2,1-3H3. The van der Waals surface area contributed by atoms with Crippen LogP contribution in [0.4, 0.5) is 0 Å². The monoisotopic (exact) mass is 254 g/mol. The van der Waals surface area contributed by atoms with E-state index < -0.39 is 0 Å². The number of nitrogens with two attached hydrogens (primary N) is 1. The SMILES string of the molecule is CCC(CC)CN(CC)CC1CCCCCC1N. The fourth-order valence-corrected chi connectivity index (χ4v) is 3.22. The van der Waals surface area contributed by atoms with E-state index in [4.69, 9.17) is 5.73 Å². The second kappa shape index (κ2) is 8.92. The Morgan fingerprint density at radius 1 is 1.06 bits per heavy atom. The van der Waals surface area contributed by atoms with E-state index in [0.717, 1.165) is 11.8 Å². The van der Waals surface area contributed by atoms with E-state index in [9.17, 15) is 0 Å². The van der Waals surface area contributed by atoms with Gasteiger partial charge in [-0.05, 0) is 31.2 Å². The number of hydrogen-bond acceptors (Lipinski definition) is 2. The van der Waals surface area contributed by atoms with Gasteiger partial charge in [-0.3, -0.25) is 0 Å². The highest BCUT2D eigenvalue weighted by Gasteiger charge is 2.23. The third kappa shape index (κ3) is 5.27. The van der Waals surface area contributed by atoms with Crippen molar-refractivity contribution in [3.05, 3.63) is 0 Å². The van der Waals surface area contributed by atoms with Gasteiger partial charge in [0.2, 0.25) is 0 Å². The Kier molecular flexibility index (Phi) is 7.92. The summed E-state index contributed by atoms with van der Waals surface area (Å²) in [6.45, 7) is 10.6. The van der Waals surface area contributed by atoms with Crippen LogP contribution in [0.2, 0.25) is 0 Å². The highest BCUT2D eigenvalue weighted by Crippen LogP contribution is 2.23. The predicted octanol–water partition coefficient (Wildman–Crippen LogP) is 3.65. The second-order valence-electron chi connectivity index (χ2n) is 6.10. The molecule has 18 heavy (non-hydrogen) atoms. The third-order valence-corrected chi connectivity index (χ3v) is 4.83. The van der Waals surface area contributed by atoms with Crippen molar-refractivity contribution in [1.82, 2.24) is 4.90 Å². The lowest BCUT2D eigenvalue weighted by Gasteiger charge is -2.31. The summed E-state index contributed by atoms with van der Waals surface area (Å²) >= 11 is 0. The summed E-state index contributed by atoms with van der Waals surface area (Å²) in [6.07, 6.45) is 9.33. The molecule has 0 aromatic carbocycles. The molecule has 2 atom stereocenters. The third-order valence-electron chi connectivity index (χ3n) is 4.83. The molecule has 0 saturated heterocycles. The quantitative estimate of drug-likeness (QED) is 0.703. The lowest BCUT2D eigenvalue weighted by atomic mass is 9.94. The first kappa shape index (κ1) is 16.0. The van der Waals surface area contributed by atoms with Crippen LogP contribution >= 0.6 is 0 Å². The second-order valence-corrected chi connectivity index (χ2v) is 6.10. The summed E-state index contributed by atoms with van der Waals surface area (Å²) in [5, 5.41) is 0. The maximum atomic E-state index is 6.35. The maximum absolute atomic E-state index is 6.35.